The van der Waals surface area contributed by atoms with Gasteiger partial charge in [-0.3, -0.25) is 0 Å². The highest BCUT2D eigenvalue weighted by atomic mass is 79.9. The SMILES string of the molecule is COCc1nc(NC2CCC(C)CC2)nc(OC2COC2)c1Br. The number of anilines is 1. The fourth-order valence-corrected chi connectivity index (χ4v) is 3.26. The van der Waals surface area contributed by atoms with Crippen LogP contribution in [0.5, 0.6) is 5.88 Å². The Hall–Kier alpha value is -0.920. The summed E-state index contributed by atoms with van der Waals surface area (Å²) in [4.78, 5) is 9.13. The standard InChI is InChI=1S/C16H24BrN3O3/c1-10-3-5-11(6-4-10)18-16-19-13(9-21-2)14(17)15(20-16)23-12-7-22-8-12/h10-12H,3-9H2,1-2H3,(H,18,19,20). The summed E-state index contributed by atoms with van der Waals surface area (Å²) in [6, 6.07) is 0.433. The van der Waals surface area contributed by atoms with E-state index < -0.39 is 0 Å². The van der Waals surface area contributed by atoms with Crippen LogP contribution in [0, 0.1) is 5.92 Å². The van der Waals surface area contributed by atoms with Crippen molar-refractivity contribution in [3.63, 3.8) is 0 Å². The quantitative estimate of drug-likeness (QED) is 0.810. The van der Waals surface area contributed by atoms with Crippen molar-refractivity contribution in [1.29, 1.82) is 0 Å². The summed E-state index contributed by atoms with van der Waals surface area (Å²) >= 11 is 3.53. The van der Waals surface area contributed by atoms with E-state index in [2.05, 4.69) is 38.1 Å². The minimum Gasteiger partial charge on any atom is -0.468 e. The normalized spacial score (nSPS) is 25.0. The molecular formula is C16H24BrN3O3. The van der Waals surface area contributed by atoms with Gasteiger partial charge in [-0.15, -0.1) is 0 Å². The van der Waals surface area contributed by atoms with Crippen LogP contribution in [0.3, 0.4) is 0 Å². The van der Waals surface area contributed by atoms with Gasteiger partial charge in [-0.05, 0) is 47.5 Å². The van der Waals surface area contributed by atoms with Gasteiger partial charge >= 0.3 is 0 Å². The molecule has 1 aromatic rings. The highest BCUT2D eigenvalue weighted by molar-refractivity contribution is 9.10. The van der Waals surface area contributed by atoms with E-state index in [1.165, 1.54) is 12.8 Å². The molecule has 23 heavy (non-hydrogen) atoms. The Morgan fingerprint density at radius 2 is 1.96 bits per heavy atom. The molecule has 1 aliphatic carbocycles. The highest BCUT2D eigenvalue weighted by Crippen LogP contribution is 2.31. The lowest BCUT2D eigenvalue weighted by atomic mass is 9.87. The van der Waals surface area contributed by atoms with Gasteiger partial charge < -0.3 is 19.5 Å². The molecule has 2 aliphatic rings. The molecule has 6 nitrogen and oxygen atoms in total. The lowest BCUT2D eigenvalue weighted by Gasteiger charge is -2.28. The second-order valence-electron chi connectivity index (χ2n) is 6.42. The molecule has 0 radical (unpaired) electrons. The van der Waals surface area contributed by atoms with Crippen LogP contribution in [0.25, 0.3) is 0 Å². The Labute approximate surface area is 145 Å². The molecule has 1 saturated heterocycles. The van der Waals surface area contributed by atoms with Crippen LogP contribution in [0.4, 0.5) is 5.95 Å². The Morgan fingerprint density at radius 3 is 2.57 bits per heavy atom. The summed E-state index contributed by atoms with van der Waals surface area (Å²) < 4.78 is 17.1. The van der Waals surface area contributed by atoms with Gasteiger partial charge in [0.15, 0.2) is 0 Å². The zero-order valence-corrected chi connectivity index (χ0v) is 15.3. The summed E-state index contributed by atoms with van der Waals surface area (Å²) in [5.74, 6) is 2.00. The Kier molecular flexibility index (Phi) is 5.71. The maximum absolute atomic E-state index is 5.90. The van der Waals surface area contributed by atoms with Crippen LogP contribution in [0.1, 0.15) is 38.3 Å². The van der Waals surface area contributed by atoms with E-state index in [-0.39, 0.29) is 6.10 Å². The topological polar surface area (TPSA) is 65.5 Å². The van der Waals surface area contributed by atoms with Gasteiger partial charge in [0.25, 0.3) is 0 Å². The third-order valence-corrected chi connectivity index (χ3v) is 5.20. The summed E-state index contributed by atoms with van der Waals surface area (Å²) in [7, 11) is 1.66. The number of hydrogen-bond donors (Lipinski definition) is 1. The van der Waals surface area contributed by atoms with Crippen LogP contribution < -0.4 is 10.1 Å². The van der Waals surface area contributed by atoms with E-state index in [0.717, 1.165) is 28.9 Å². The second kappa shape index (κ2) is 7.77. The zero-order valence-electron chi connectivity index (χ0n) is 13.7. The molecule has 0 spiro atoms. The van der Waals surface area contributed by atoms with Crippen molar-refractivity contribution in [3.8, 4) is 5.88 Å². The van der Waals surface area contributed by atoms with Crippen LogP contribution in [0.2, 0.25) is 0 Å². The number of aromatic nitrogens is 2. The lowest BCUT2D eigenvalue weighted by molar-refractivity contribution is -0.0817. The van der Waals surface area contributed by atoms with Gasteiger partial charge in [0.2, 0.25) is 11.8 Å². The Balaban J connectivity index is 1.74. The highest BCUT2D eigenvalue weighted by Gasteiger charge is 2.25. The number of nitrogens with zero attached hydrogens (tertiary/aromatic N) is 2. The summed E-state index contributed by atoms with van der Waals surface area (Å²) in [6.07, 6.45) is 4.89. The molecule has 0 unspecified atom stereocenters. The van der Waals surface area contributed by atoms with Crippen molar-refractivity contribution in [1.82, 2.24) is 9.97 Å². The van der Waals surface area contributed by atoms with Crippen LogP contribution in [-0.2, 0) is 16.1 Å². The van der Waals surface area contributed by atoms with Gasteiger partial charge in [0, 0.05) is 13.2 Å². The number of hydrogen-bond acceptors (Lipinski definition) is 6. The van der Waals surface area contributed by atoms with E-state index in [1.807, 2.05) is 0 Å². The van der Waals surface area contributed by atoms with Crippen LogP contribution in [-0.4, -0.2) is 42.4 Å². The van der Waals surface area contributed by atoms with Crippen LogP contribution >= 0.6 is 15.9 Å². The Bertz CT molecular complexity index is 532. The summed E-state index contributed by atoms with van der Waals surface area (Å²) in [5.41, 5.74) is 0.796. The molecule has 0 aromatic carbocycles. The molecule has 1 aliphatic heterocycles. The number of ether oxygens (including phenoxy) is 3. The fraction of sp³-hybridized carbons (Fsp3) is 0.750. The van der Waals surface area contributed by atoms with E-state index in [0.29, 0.717) is 37.7 Å². The minimum absolute atomic E-state index is 0.0694. The number of methoxy groups -OCH3 is 1. The van der Waals surface area contributed by atoms with E-state index in [9.17, 15) is 0 Å². The van der Waals surface area contributed by atoms with Gasteiger partial charge in [-0.1, -0.05) is 6.92 Å². The molecule has 0 amide bonds. The van der Waals surface area contributed by atoms with Gasteiger partial charge in [0.1, 0.15) is 10.6 Å². The first-order chi connectivity index (χ1) is 11.2. The van der Waals surface area contributed by atoms with Gasteiger partial charge in [-0.25, -0.2) is 4.98 Å². The molecule has 7 heteroatoms. The summed E-state index contributed by atoms with van der Waals surface area (Å²) in [6.45, 7) is 3.95. The van der Waals surface area contributed by atoms with E-state index >= 15 is 0 Å². The zero-order chi connectivity index (χ0) is 16.2. The molecule has 2 fully saturated rings. The number of rotatable bonds is 6. The molecule has 128 valence electrons. The predicted molar refractivity (Wildman–Crippen MR) is 90.7 cm³/mol. The molecule has 1 aromatic heterocycles. The fourth-order valence-electron chi connectivity index (χ4n) is 2.87. The van der Waals surface area contributed by atoms with Crippen molar-refractivity contribution in [2.75, 3.05) is 25.6 Å². The van der Waals surface area contributed by atoms with Crippen LogP contribution in [0.15, 0.2) is 4.47 Å². The van der Waals surface area contributed by atoms with E-state index in [4.69, 9.17) is 14.2 Å². The van der Waals surface area contributed by atoms with Gasteiger partial charge in [0.05, 0.1) is 25.5 Å². The first-order valence-corrected chi connectivity index (χ1v) is 9.01. The monoisotopic (exact) mass is 385 g/mol. The van der Waals surface area contributed by atoms with Gasteiger partial charge in [-0.2, -0.15) is 4.98 Å². The third-order valence-electron chi connectivity index (χ3n) is 4.41. The molecule has 0 atom stereocenters. The first-order valence-electron chi connectivity index (χ1n) is 8.22. The summed E-state index contributed by atoms with van der Waals surface area (Å²) in [5, 5.41) is 3.47. The van der Waals surface area contributed by atoms with Crippen molar-refractivity contribution in [3.05, 3.63) is 10.2 Å². The largest absolute Gasteiger partial charge is 0.468 e. The molecule has 3 rings (SSSR count). The third kappa shape index (κ3) is 4.33. The maximum atomic E-state index is 5.90. The van der Waals surface area contributed by atoms with Crippen molar-refractivity contribution < 1.29 is 14.2 Å². The molecule has 1 N–H and O–H groups in total. The minimum atomic E-state index is 0.0694. The van der Waals surface area contributed by atoms with Crippen molar-refractivity contribution in [2.45, 2.75) is 51.4 Å². The number of nitrogens with one attached hydrogen (secondary N) is 1. The average molecular weight is 386 g/mol. The molecule has 1 saturated carbocycles. The smallest absolute Gasteiger partial charge is 0.233 e. The van der Waals surface area contributed by atoms with E-state index in [1.54, 1.807) is 7.11 Å². The average Bonchev–Trinajstić information content (AvgIpc) is 2.49. The molecular weight excluding hydrogens is 362 g/mol. The number of halogens is 1. The molecule has 2 heterocycles. The van der Waals surface area contributed by atoms with Crippen molar-refractivity contribution >= 4 is 21.9 Å². The van der Waals surface area contributed by atoms with Crippen molar-refractivity contribution in [2.24, 2.45) is 5.92 Å². The maximum Gasteiger partial charge on any atom is 0.233 e. The first kappa shape index (κ1) is 16.9. The predicted octanol–water partition coefficient (Wildman–Crippen LogP) is 3.15. The lowest BCUT2D eigenvalue weighted by Crippen LogP contribution is -2.39. The second-order valence-corrected chi connectivity index (χ2v) is 7.22. The Morgan fingerprint density at radius 1 is 1.22 bits per heavy atom. The molecule has 0 bridgehead atoms.